The lowest BCUT2D eigenvalue weighted by Gasteiger charge is -1.92. The first-order valence-electron chi connectivity index (χ1n) is 2.89. The molecule has 46 valence electrons. The first-order valence-corrected chi connectivity index (χ1v) is 3.97. The summed E-state index contributed by atoms with van der Waals surface area (Å²) in [4.78, 5) is 1.56. The highest BCUT2D eigenvalue weighted by molar-refractivity contribution is 7.99. The molecule has 0 aromatic heterocycles. The van der Waals surface area contributed by atoms with Gasteiger partial charge in [-0.15, -0.1) is 0 Å². The molecule has 0 bridgehead atoms. The quantitative estimate of drug-likeness (QED) is 0.374. The van der Waals surface area contributed by atoms with Crippen LogP contribution in [-0.4, -0.2) is 10.6 Å². The van der Waals surface area contributed by atoms with Crippen molar-refractivity contribution in [3.63, 3.8) is 0 Å². The van der Waals surface area contributed by atoms with Crippen LogP contribution in [0.25, 0.3) is 0 Å². The first kappa shape index (κ1) is 6.09. The summed E-state index contributed by atoms with van der Waals surface area (Å²) in [5, 5.41) is 0. The van der Waals surface area contributed by atoms with Crippen LogP contribution in [0.15, 0.2) is 11.1 Å². The first-order chi connectivity index (χ1) is 3.72. The Bertz CT molecular complexity index is 158. The monoisotopic (exact) mass is 128 g/mol. The molecule has 0 spiro atoms. The maximum atomic E-state index is 2.22. The minimum Gasteiger partial charge on any atom is -0.193 e. The second-order valence-electron chi connectivity index (χ2n) is 2.31. The van der Waals surface area contributed by atoms with Gasteiger partial charge in [-0.05, 0) is 31.2 Å². The normalized spacial score (nSPS) is 20.6. The van der Waals surface area contributed by atoms with Crippen LogP contribution in [0.2, 0.25) is 0 Å². The van der Waals surface area contributed by atoms with Crippen LogP contribution in [-0.2, 0) is 0 Å². The zero-order valence-corrected chi connectivity index (χ0v) is 6.55. The molecule has 0 saturated heterocycles. The predicted molar refractivity (Wildman–Crippen MR) is 42.9 cm³/mol. The summed E-state index contributed by atoms with van der Waals surface area (Å²) in [6.07, 6.45) is 0. The van der Waals surface area contributed by atoms with Crippen molar-refractivity contribution in [3.8, 4) is 0 Å². The molecule has 1 rings (SSSR count). The third-order valence-electron chi connectivity index (χ3n) is 1.74. The van der Waals surface area contributed by atoms with Crippen LogP contribution < -0.4 is 0 Å². The lowest BCUT2D eigenvalue weighted by Crippen LogP contribution is -1.86. The second-order valence-corrected chi connectivity index (χ2v) is 3.61. The Kier molecular flexibility index (Phi) is 1.57. The molecule has 0 unspecified atom stereocenters. The van der Waals surface area contributed by atoms with Crippen LogP contribution in [0.3, 0.4) is 0 Å². The maximum absolute atomic E-state index is 2.22. The number of thiol groups is 1. The molecule has 0 saturated carbocycles. The summed E-state index contributed by atoms with van der Waals surface area (Å²) in [7, 11) is 0. The average Bonchev–Trinajstić information content (AvgIpc) is 1.98. The van der Waals surface area contributed by atoms with Gasteiger partial charge in [0.15, 0.2) is 0 Å². The summed E-state index contributed by atoms with van der Waals surface area (Å²) >= 11 is 1.52. The third kappa shape index (κ3) is 0.873. The Balaban J connectivity index is 2.88. The zero-order valence-electron chi connectivity index (χ0n) is 5.65. The standard InChI is InChI=1S/C7H12S/c1-5-4-8-7(3)6(5)2/h8H,4H2,1-3H3. The Hall–Kier alpha value is -0.0400. The number of hydrogen-bond acceptors (Lipinski definition) is 0. The molecule has 0 amide bonds. The van der Waals surface area contributed by atoms with E-state index in [9.17, 15) is 0 Å². The highest BCUT2D eigenvalue weighted by Crippen LogP contribution is 2.18. The van der Waals surface area contributed by atoms with Crippen molar-refractivity contribution in [1.82, 2.24) is 0 Å². The van der Waals surface area contributed by atoms with Crippen molar-refractivity contribution in [1.29, 1.82) is 0 Å². The fourth-order valence-electron chi connectivity index (χ4n) is 0.783. The van der Waals surface area contributed by atoms with Gasteiger partial charge >= 0.3 is 0 Å². The third-order valence-corrected chi connectivity index (χ3v) is 3.18. The Morgan fingerprint density at radius 1 is 1.25 bits per heavy atom. The van der Waals surface area contributed by atoms with Gasteiger partial charge in [0.2, 0.25) is 0 Å². The van der Waals surface area contributed by atoms with Crippen molar-refractivity contribution in [2.75, 3.05) is 5.75 Å². The lowest BCUT2D eigenvalue weighted by molar-refractivity contribution is 1.35. The molecule has 1 heteroatoms. The number of allylic oxidation sites excluding steroid dienone is 1. The van der Waals surface area contributed by atoms with Gasteiger partial charge in [0, 0.05) is 5.75 Å². The zero-order chi connectivity index (χ0) is 6.15. The molecule has 1 aliphatic rings. The van der Waals surface area contributed by atoms with Crippen molar-refractivity contribution in [2.24, 2.45) is 0 Å². The Morgan fingerprint density at radius 2 is 1.88 bits per heavy atom. The predicted octanol–water partition coefficient (Wildman–Crippen LogP) is 1.99. The maximum Gasteiger partial charge on any atom is 0.00709 e. The van der Waals surface area contributed by atoms with Crippen molar-refractivity contribution < 1.29 is 0 Å². The highest BCUT2D eigenvalue weighted by Gasteiger charge is 2.03. The second kappa shape index (κ2) is 2.06. The fourth-order valence-corrected chi connectivity index (χ4v) is 1.92. The van der Waals surface area contributed by atoms with Gasteiger partial charge in [-0.3, -0.25) is 0 Å². The van der Waals surface area contributed by atoms with Crippen LogP contribution in [0.5, 0.6) is 0 Å². The van der Waals surface area contributed by atoms with E-state index in [2.05, 4.69) is 20.8 Å². The summed E-state index contributed by atoms with van der Waals surface area (Å²) in [5.74, 6) is 1.28. The van der Waals surface area contributed by atoms with Crippen molar-refractivity contribution in [2.45, 2.75) is 20.8 Å². The van der Waals surface area contributed by atoms with Gasteiger partial charge in [0.25, 0.3) is 0 Å². The molecule has 0 N–H and O–H groups in total. The van der Waals surface area contributed by atoms with Crippen LogP contribution in [0.1, 0.15) is 20.8 Å². The van der Waals surface area contributed by atoms with Crippen molar-refractivity contribution in [3.05, 3.63) is 11.1 Å². The molecule has 0 atom stereocenters. The molecule has 0 aliphatic carbocycles. The SMILES string of the molecule is CC1=[SH]CC(C)=C1C. The average molecular weight is 128 g/mol. The minimum atomic E-state index is 1.28. The van der Waals surface area contributed by atoms with Gasteiger partial charge in [0.1, 0.15) is 0 Å². The van der Waals surface area contributed by atoms with E-state index in [1.54, 1.807) is 10.4 Å². The summed E-state index contributed by atoms with van der Waals surface area (Å²) in [6, 6.07) is 0. The van der Waals surface area contributed by atoms with Gasteiger partial charge in [-0.2, -0.15) is 11.4 Å². The minimum absolute atomic E-state index is 1.28. The molecule has 1 heterocycles. The number of hydrogen-bond donors (Lipinski definition) is 1. The van der Waals surface area contributed by atoms with Gasteiger partial charge in [-0.25, -0.2) is 0 Å². The summed E-state index contributed by atoms with van der Waals surface area (Å²) in [6.45, 7) is 6.65. The molecule has 8 heavy (non-hydrogen) atoms. The van der Waals surface area contributed by atoms with Crippen LogP contribution in [0, 0.1) is 0 Å². The summed E-state index contributed by atoms with van der Waals surface area (Å²) in [5.41, 5.74) is 3.11. The van der Waals surface area contributed by atoms with E-state index in [0.717, 1.165) is 0 Å². The smallest absolute Gasteiger partial charge is 0.00709 e. The highest BCUT2D eigenvalue weighted by atomic mass is 32.1. The van der Waals surface area contributed by atoms with Crippen LogP contribution in [0.4, 0.5) is 0 Å². The van der Waals surface area contributed by atoms with Crippen molar-refractivity contribution >= 4 is 16.2 Å². The van der Waals surface area contributed by atoms with E-state index in [-0.39, 0.29) is 0 Å². The topological polar surface area (TPSA) is 0 Å². The fraction of sp³-hybridized carbons (Fsp3) is 0.571. The molecule has 0 radical (unpaired) electrons. The molecule has 0 nitrogen and oxygen atoms in total. The van der Waals surface area contributed by atoms with E-state index < -0.39 is 0 Å². The molecule has 0 fully saturated rings. The Morgan fingerprint density at radius 3 is 2.00 bits per heavy atom. The lowest BCUT2D eigenvalue weighted by atomic mass is 10.1. The molecule has 0 aromatic carbocycles. The van der Waals surface area contributed by atoms with Gasteiger partial charge < -0.3 is 0 Å². The molecular formula is C7H12S. The van der Waals surface area contributed by atoms with Gasteiger partial charge in [0.05, 0.1) is 0 Å². The number of rotatable bonds is 0. The van der Waals surface area contributed by atoms with E-state index in [1.165, 1.54) is 22.7 Å². The molecule has 1 aliphatic heterocycles. The molecular weight excluding hydrogens is 116 g/mol. The van der Waals surface area contributed by atoms with E-state index >= 15 is 0 Å². The Labute approximate surface area is 54.6 Å². The van der Waals surface area contributed by atoms with E-state index in [4.69, 9.17) is 0 Å². The largest absolute Gasteiger partial charge is 0.193 e. The van der Waals surface area contributed by atoms with E-state index in [1.807, 2.05) is 0 Å². The van der Waals surface area contributed by atoms with Gasteiger partial charge in [-0.1, -0.05) is 5.57 Å². The molecule has 0 aromatic rings. The van der Waals surface area contributed by atoms with E-state index in [0.29, 0.717) is 0 Å². The summed E-state index contributed by atoms with van der Waals surface area (Å²) < 4.78 is 0. The van der Waals surface area contributed by atoms with Crippen LogP contribution >= 0.6 is 11.4 Å².